The molecular formula is C23H35FN4O2. The molecule has 1 N–H and O–H groups in total. The number of halogens is 1. The van der Waals surface area contributed by atoms with Gasteiger partial charge in [0.2, 0.25) is 11.8 Å². The van der Waals surface area contributed by atoms with Crippen molar-refractivity contribution in [1.82, 2.24) is 20.0 Å². The Morgan fingerprint density at radius 3 is 1.93 bits per heavy atom. The van der Waals surface area contributed by atoms with E-state index in [4.69, 9.17) is 0 Å². The first kappa shape index (κ1) is 22.7. The second-order valence-electron chi connectivity index (χ2n) is 8.59. The molecule has 2 heterocycles. The Kier molecular flexibility index (Phi) is 7.83. The molecule has 7 heteroatoms. The van der Waals surface area contributed by atoms with Crippen molar-refractivity contribution in [2.75, 3.05) is 39.3 Å². The van der Waals surface area contributed by atoms with E-state index in [1.807, 2.05) is 25.7 Å². The first-order chi connectivity index (χ1) is 14.4. The number of benzene rings is 1. The van der Waals surface area contributed by atoms with Crippen LogP contribution >= 0.6 is 0 Å². The normalized spacial score (nSPS) is 21.7. The van der Waals surface area contributed by atoms with Gasteiger partial charge in [-0.25, -0.2) is 4.39 Å². The largest absolute Gasteiger partial charge is 0.348 e. The van der Waals surface area contributed by atoms with Gasteiger partial charge in [-0.05, 0) is 57.7 Å². The van der Waals surface area contributed by atoms with E-state index < -0.39 is 0 Å². The number of nitrogens with one attached hydrogen (secondary N) is 1. The third kappa shape index (κ3) is 5.58. The third-order valence-electron chi connectivity index (χ3n) is 6.58. The van der Waals surface area contributed by atoms with Gasteiger partial charge < -0.3 is 10.2 Å². The monoisotopic (exact) mass is 418 g/mol. The highest BCUT2D eigenvalue weighted by Crippen LogP contribution is 2.17. The Morgan fingerprint density at radius 1 is 0.833 bits per heavy atom. The molecule has 0 aromatic heterocycles. The molecule has 0 spiro atoms. The van der Waals surface area contributed by atoms with Crippen molar-refractivity contribution >= 4 is 11.8 Å². The van der Waals surface area contributed by atoms with Gasteiger partial charge in [0.15, 0.2) is 0 Å². The molecule has 0 unspecified atom stereocenters. The van der Waals surface area contributed by atoms with Gasteiger partial charge in [0.1, 0.15) is 5.82 Å². The fourth-order valence-electron chi connectivity index (χ4n) is 4.38. The zero-order chi connectivity index (χ0) is 21.7. The summed E-state index contributed by atoms with van der Waals surface area (Å²) in [6.45, 7) is 10.7. The van der Waals surface area contributed by atoms with Crippen molar-refractivity contribution < 1.29 is 14.0 Å². The van der Waals surface area contributed by atoms with Gasteiger partial charge in [-0.2, -0.15) is 0 Å². The number of likely N-dealkylation sites (tertiary alicyclic amines) is 1. The van der Waals surface area contributed by atoms with E-state index in [0.29, 0.717) is 0 Å². The number of piperidine rings is 1. The molecule has 0 radical (unpaired) electrons. The number of carbonyl (C=O) groups excluding carboxylic acids is 2. The van der Waals surface area contributed by atoms with Crippen LogP contribution in [0.2, 0.25) is 0 Å². The summed E-state index contributed by atoms with van der Waals surface area (Å²) in [6.07, 6.45) is 3.43. The summed E-state index contributed by atoms with van der Waals surface area (Å²) in [4.78, 5) is 31.9. The highest BCUT2D eigenvalue weighted by molar-refractivity contribution is 5.82. The summed E-state index contributed by atoms with van der Waals surface area (Å²) in [5.74, 6) is -0.0729. The molecule has 1 aromatic rings. The molecule has 2 amide bonds. The smallest absolute Gasteiger partial charge is 0.239 e. The molecule has 166 valence electrons. The van der Waals surface area contributed by atoms with Crippen molar-refractivity contribution in [3.05, 3.63) is 35.6 Å². The average molecular weight is 419 g/mol. The van der Waals surface area contributed by atoms with Crippen LogP contribution in [0.5, 0.6) is 0 Å². The topological polar surface area (TPSA) is 55.9 Å². The molecule has 1 aromatic carbocycles. The van der Waals surface area contributed by atoms with Crippen LogP contribution in [-0.4, -0.2) is 77.9 Å². The van der Waals surface area contributed by atoms with Crippen molar-refractivity contribution in [2.45, 2.75) is 58.2 Å². The molecule has 30 heavy (non-hydrogen) atoms. The molecule has 0 saturated carbocycles. The van der Waals surface area contributed by atoms with E-state index in [2.05, 4.69) is 15.1 Å². The van der Waals surface area contributed by atoms with Crippen molar-refractivity contribution in [1.29, 1.82) is 0 Å². The number of amides is 2. The van der Waals surface area contributed by atoms with E-state index >= 15 is 0 Å². The lowest BCUT2D eigenvalue weighted by atomic mass is 10.1. The third-order valence-corrected chi connectivity index (χ3v) is 6.58. The highest BCUT2D eigenvalue weighted by atomic mass is 19.1. The van der Waals surface area contributed by atoms with Crippen LogP contribution in [0.4, 0.5) is 4.39 Å². The second-order valence-corrected chi connectivity index (χ2v) is 8.59. The molecule has 2 aliphatic heterocycles. The molecule has 2 fully saturated rings. The standard InChI is InChI=1S/C23H35FN4O2/c1-17(20-7-9-21(24)10-8-20)25-22(29)18(2)26-13-15-27(16-14-26)19(3)23(30)28-11-5-4-6-12-28/h7-10,17-19H,4-6,11-16H2,1-3H3,(H,25,29)/t17-,18+,19-/m0/s1. The van der Waals surface area contributed by atoms with Crippen LogP contribution in [0.25, 0.3) is 0 Å². The summed E-state index contributed by atoms with van der Waals surface area (Å²) in [7, 11) is 0. The van der Waals surface area contributed by atoms with Crippen molar-refractivity contribution in [2.24, 2.45) is 0 Å². The first-order valence-corrected chi connectivity index (χ1v) is 11.2. The van der Waals surface area contributed by atoms with Crippen LogP contribution < -0.4 is 5.32 Å². The Labute approximate surface area is 179 Å². The van der Waals surface area contributed by atoms with Gasteiger partial charge in [0, 0.05) is 39.3 Å². The minimum Gasteiger partial charge on any atom is -0.348 e. The summed E-state index contributed by atoms with van der Waals surface area (Å²) in [6, 6.07) is 5.69. The van der Waals surface area contributed by atoms with Crippen LogP contribution in [0, 0.1) is 5.82 Å². The Bertz CT molecular complexity index is 712. The zero-order valence-electron chi connectivity index (χ0n) is 18.4. The number of hydrogen-bond acceptors (Lipinski definition) is 4. The summed E-state index contributed by atoms with van der Waals surface area (Å²) >= 11 is 0. The minimum atomic E-state index is -0.281. The Balaban J connectivity index is 1.47. The Morgan fingerprint density at radius 2 is 1.37 bits per heavy atom. The SMILES string of the molecule is C[C@H](NC(=O)[C@@H](C)N1CCN([C@@H](C)C(=O)N2CCCCC2)CC1)c1ccc(F)cc1. The average Bonchev–Trinajstić information content (AvgIpc) is 2.78. The predicted molar refractivity (Wildman–Crippen MR) is 115 cm³/mol. The zero-order valence-corrected chi connectivity index (χ0v) is 18.4. The molecule has 3 atom stereocenters. The Hall–Kier alpha value is -1.99. The van der Waals surface area contributed by atoms with Gasteiger partial charge >= 0.3 is 0 Å². The molecule has 6 nitrogen and oxygen atoms in total. The quantitative estimate of drug-likeness (QED) is 0.771. The van der Waals surface area contributed by atoms with E-state index in [9.17, 15) is 14.0 Å². The van der Waals surface area contributed by atoms with E-state index in [1.54, 1.807) is 12.1 Å². The van der Waals surface area contributed by atoms with Gasteiger partial charge in [0.05, 0.1) is 18.1 Å². The number of nitrogens with zero attached hydrogens (tertiary/aromatic N) is 3. The second kappa shape index (κ2) is 10.4. The van der Waals surface area contributed by atoms with Gasteiger partial charge in [-0.15, -0.1) is 0 Å². The van der Waals surface area contributed by atoms with Gasteiger partial charge in [-0.3, -0.25) is 19.4 Å². The lowest BCUT2D eigenvalue weighted by molar-refractivity contribution is -0.139. The summed E-state index contributed by atoms with van der Waals surface area (Å²) < 4.78 is 13.1. The molecule has 0 bridgehead atoms. The van der Waals surface area contributed by atoms with Crippen molar-refractivity contribution in [3.63, 3.8) is 0 Å². The minimum absolute atomic E-state index is 0.0299. The van der Waals surface area contributed by atoms with Crippen LogP contribution in [-0.2, 0) is 9.59 Å². The van der Waals surface area contributed by atoms with E-state index in [1.165, 1.54) is 18.6 Å². The predicted octanol–water partition coefficient (Wildman–Crippen LogP) is 2.41. The van der Waals surface area contributed by atoms with Gasteiger partial charge in [-0.1, -0.05) is 12.1 Å². The van der Waals surface area contributed by atoms with E-state index in [-0.39, 0.29) is 35.8 Å². The van der Waals surface area contributed by atoms with E-state index in [0.717, 1.165) is 57.7 Å². The van der Waals surface area contributed by atoms with Crippen LogP contribution in [0.3, 0.4) is 0 Å². The maximum Gasteiger partial charge on any atom is 0.239 e. The highest BCUT2D eigenvalue weighted by Gasteiger charge is 2.32. The maximum atomic E-state index is 13.1. The molecule has 2 saturated heterocycles. The summed E-state index contributed by atoms with van der Waals surface area (Å²) in [5, 5.41) is 3.03. The maximum absolute atomic E-state index is 13.1. The molecule has 2 aliphatic rings. The number of rotatable bonds is 6. The van der Waals surface area contributed by atoms with Crippen molar-refractivity contribution in [3.8, 4) is 0 Å². The van der Waals surface area contributed by atoms with Crippen LogP contribution in [0.15, 0.2) is 24.3 Å². The fraction of sp³-hybridized carbons (Fsp3) is 0.652. The van der Waals surface area contributed by atoms with Gasteiger partial charge in [0.25, 0.3) is 0 Å². The number of hydrogen-bond donors (Lipinski definition) is 1. The molecular weight excluding hydrogens is 383 g/mol. The summed E-state index contributed by atoms with van der Waals surface area (Å²) in [5.41, 5.74) is 0.881. The number of carbonyl (C=O) groups is 2. The molecule has 3 rings (SSSR count). The first-order valence-electron chi connectivity index (χ1n) is 11.2. The molecule has 0 aliphatic carbocycles. The van der Waals surface area contributed by atoms with Crippen LogP contribution in [0.1, 0.15) is 51.6 Å². The fourth-order valence-corrected chi connectivity index (χ4v) is 4.38. The lowest BCUT2D eigenvalue weighted by Gasteiger charge is -2.41. The number of piperazine rings is 1. The lowest BCUT2D eigenvalue weighted by Crippen LogP contribution is -2.58.